The van der Waals surface area contributed by atoms with Gasteiger partial charge in [0.2, 0.25) is 5.88 Å². The average molecular weight is 509 g/mol. The highest BCUT2D eigenvalue weighted by Gasteiger charge is 2.34. The van der Waals surface area contributed by atoms with Crippen LogP contribution in [0.5, 0.6) is 5.88 Å². The average Bonchev–Trinajstić information content (AvgIpc) is 2.77. The van der Waals surface area contributed by atoms with Crippen molar-refractivity contribution >= 4 is 33.6 Å². The third-order valence-electron chi connectivity index (χ3n) is 5.38. The number of aliphatic hydroxyl groups excluding tert-OH is 1. The monoisotopic (exact) mass is 508 g/mol. The molecule has 0 radical (unpaired) electrons. The Bertz CT molecular complexity index is 975. The van der Waals surface area contributed by atoms with E-state index in [0.29, 0.717) is 16.7 Å². The van der Waals surface area contributed by atoms with Crippen LogP contribution in [-0.2, 0) is 0 Å². The zero-order valence-electron chi connectivity index (χ0n) is 18.1. The van der Waals surface area contributed by atoms with E-state index in [2.05, 4.69) is 26.2 Å². The van der Waals surface area contributed by atoms with E-state index >= 15 is 0 Å². The number of pyridine rings is 1. The van der Waals surface area contributed by atoms with Crippen LogP contribution in [0.4, 0.5) is 14.9 Å². The summed E-state index contributed by atoms with van der Waals surface area (Å²) in [5, 5.41) is 12.4. The van der Waals surface area contributed by atoms with Crippen LogP contribution in [0.2, 0.25) is 0 Å². The Labute approximate surface area is 194 Å². The van der Waals surface area contributed by atoms with Crippen LogP contribution in [0.1, 0.15) is 24.2 Å². The number of carbonyl (C=O) groups excluding carboxylic acids is 2. The van der Waals surface area contributed by atoms with Gasteiger partial charge in [-0.25, -0.2) is 14.2 Å². The zero-order valence-corrected chi connectivity index (χ0v) is 19.7. The van der Waals surface area contributed by atoms with Gasteiger partial charge in [0, 0.05) is 35.9 Å². The summed E-state index contributed by atoms with van der Waals surface area (Å²) in [7, 11) is 1.63. The molecule has 1 aromatic carbocycles. The number of likely N-dealkylation sites (N-methyl/N-ethyl adjacent to an activating group) is 1. The number of rotatable bonds is 5. The van der Waals surface area contributed by atoms with Gasteiger partial charge < -0.3 is 25.0 Å². The minimum absolute atomic E-state index is 0.160. The summed E-state index contributed by atoms with van der Waals surface area (Å²) in [6.07, 6.45) is 1.08. The predicted molar refractivity (Wildman–Crippen MR) is 121 cm³/mol. The molecule has 8 nitrogen and oxygen atoms in total. The molecule has 10 heteroatoms. The van der Waals surface area contributed by atoms with E-state index in [1.807, 2.05) is 6.92 Å². The van der Waals surface area contributed by atoms with Gasteiger partial charge in [0.15, 0.2) is 0 Å². The third-order valence-corrected chi connectivity index (χ3v) is 5.82. The van der Waals surface area contributed by atoms with Gasteiger partial charge in [-0.15, -0.1) is 0 Å². The number of amides is 3. The van der Waals surface area contributed by atoms with Crippen LogP contribution in [0.3, 0.4) is 0 Å². The molecule has 3 amide bonds. The summed E-state index contributed by atoms with van der Waals surface area (Å²) in [6, 6.07) is 6.36. The molecule has 32 heavy (non-hydrogen) atoms. The van der Waals surface area contributed by atoms with Crippen molar-refractivity contribution in [1.29, 1.82) is 0 Å². The minimum atomic E-state index is -0.465. The number of anilines is 1. The standard InChI is InChI=1S/C22H26BrFN4O4/c1-13-10-28(14(2)12-29)21(30)18-8-15(23)9-25-20(18)32-19(13)11-27(3)22(31)26-17-6-4-16(24)5-7-17/h4-9,13-14,19,29H,10-12H2,1-3H3,(H,26,31)/t13-,14-,19+/m1/s1. The highest BCUT2D eigenvalue weighted by molar-refractivity contribution is 9.10. The largest absolute Gasteiger partial charge is 0.472 e. The van der Waals surface area contributed by atoms with Gasteiger partial charge >= 0.3 is 6.03 Å². The van der Waals surface area contributed by atoms with Crippen LogP contribution in [0.15, 0.2) is 41.0 Å². The van der Waals surface area contributed by atoms with Crippen molar-refractivity contribution in [3.63, 3.8) is 0 Å². The number of halogens is 2. The minimum Gasteiger partial charge on any atom is -0.472 e. The number of benzene rings is 1. The lowest BCUT2D eigenvalue weighted by atomic mass is 10.0. The number of hydrogen-bond acceptors (Lipinski definition) is 5. The van der Waals surface area contributed by atoms with Crippen LogP contribution in [0.25, 0.3) is 0 Å². The quantitative estimate of drug-likeness (QED) is 0.645. The first-order valence-electron chi connectivity index (χ1n) is 10.2. The van der Waals surface area contributed by atoms with Gasteiger partial charge in [0.05, 0.1) is 19.2 Å². The highest BCUT2D eigenvalue weighted by atomic mass is 79.9. The van der Waals surface area contributed by atoms with Crippen LogP contribution < -0.4 is 10.1 Å². The summed E-state index contributed by atoms with van der Waals surface area (Å²) in [5.41, 5.74) is 0.760. The Balaban J connectivity index is 1.81. The smallest absolute Gasteiger partial charge is 0.321 e. The molecule has 3 rings (SSSR count). The van der Waals surface area contributed by atoms with Crippen molar-refractivity contribution in [3.8, 4) is 5.88 Å². The Hall–Kier alpha value is -2.72. The van der Waals surface area contributed by atoms with Crippen molar-refractivity contribution in [2.45, 2.75) is 26.0 Å². The van der Waals surface area contributed by atoms with Gasteiger partial charge in [-0.2, -0.15) is 0 Å². The van der Waals surface area contributed by atoms with Crippen LogP contribution >= 0.6 is 15.9 Å². The maximum atomic E-state index is 13.1. The fourth-order valence-electron chi connectivity index (χ4n) is 3.40. The fraction of sp³-hybridized carbons (Fsp3) is 0.409. The number of ether oxygens (including phenoxy) is 1. The lowest BCUT2D eigenvalue weighted by molar-refractivity contribution is 0.0356. The van der Waals surface area contributed by atoms with E-state index in [0.717, 1.165) is 0 Å². The van der Waals surface area contributed by atoms with Crippen LogP contribution in [-0.4, -0.2) is 70.7 Å². The highest BCUT2D eigenvalue weighted by Crippen LogP contribution is 2.28. The van der Waals surface area contributed by atoms with E-state index < -0.39 is 12.1 Å². The number of hydrogen-bond donors (Lipinski definition) is 2. The molecule has 0 unspecified atom stereocenters. The van der Waals surface area contributed by atoms with E-state index in [9.17, 15) is 19.1 Å². The molecule has 1 aliphatic rings. The van der Waals surface area contributed by atoms with Crippen molar-refractivity contribution in [2.24, 2.45) is 5.92 Å². The zero-order chi connectivity index (χ0) is 23.4. The number of fused-ring (bicyclic) bond motifs is 1. The number of urea groups is 1. The van der Waals surface area contributed by atoms with Gasteiger partial charge in [0.1, 0.15) is 17.5 Å². The number of carbonyl (C=O) groups is 2. The number of nitrogens with one attached hydrogen (secondary N) is 1. The predicted octanol–water partition coefficient (Wildman–Crippen LogP) is 3.37. The Morgan fingerprint density at radius 1 is 1.44 bits per heavy atom. The van der Waals surface area contributed by atoms with Crippen molar-refractivity contribution in [3.05, 3.63) is 52.4 Å². The molecule has 0 saturated carbocycles. The Morgan fingerprint density at radius 2 is 2.12 bits per heavy atom. The number of aromatic nitrogens is 1. The van der Waals surface area contributed by atoms with E-state index in [-0.39, 0.29) is 48.3 Å². The fourth-order valence-corrected chi connectivity index (χ4v) is 3.73. The van der Waals surface area contributed by atoms with Gasteiger partial charge in [-0.3, -0.25) is 4.79 Å². The first-order chi connectivity index (χ1) is 15.2. The first kappa shape index (κ1) is 23.9. The molecular weight excluding hydrogens is 483 g/mol. The molecule has 0 aliphatic carbocycles. The summed E-state index contributed by atoms with van der Waals surface area (Å²) in [6.45, 7) is 4.08. The van der Waals surface area contributed by atoms with E-state index in [4.69, 9.17) is 4.74 Å². The van der Waals surface area contributed by atoms with Crippen LogP contribution in [0, 0.1) is 11.7 Å². The maximum absolute atomic E-state index is 13.1. The second-order valence-electron chi connectivity index (χ2n) is 7.95. The molecule has 2 heterocycles. The second-order valence-corrected chi connectivity index (χ2v) is 8.86. The maximum Gasteiger partial charge on any atom is 0.321 e. The molecule has 0 saturated heterocycles. The molecule has 0 fully saturated rings. The lowest BCUT2D eigenvalue weighted by Crippen LogP contribution is -2.50. The lowest BCUT2D eigenvalue weighted by Gasteiger charge is -2.37. The molecule has 0 bridgehead atoms. The second kappa shape index (κ2) is 10.3. The van der Waals surface area contributed by atoms with Crippen molar-refractivity contribution in [2.75, 3.05) is 32.1 Å². The number of nitrogens with zero attached hydrogens (tertiary/aromatic N) is 3. The topological polar surface area (TPSA) is 95.0 Å². The Kier molecular flexibility index (Phi) is 7.68. The Morgan fingerprint density at radius 3 is 2.78 bits per heavy atom. The van der Waals surface area contributed by atoms with Gasteiger partial charge in [-0.1, -0.05) is 6.92 Å². The first-order valence-corrected chi connectivity index (χ1v) is 11.0. The number of aliphatic hydroxyl groups is 1. The SMILES string of the molecule is C[C@@H]1CN([C@H](C)CO)C(=O)c2cc(Br)cnc2O[C@H]1CN(C)C(=O)Nc1ccc(F)cc1. The third kappa shape index (κ3) is 5.55. The molecule has 172 valence electrons. The molecule has 1 aliphatic heterocycles. The van der Waals surface area contributed by atoms with E-state index in [1.165, 1.54) is 29.2 Å². The van der Waals surface area contributed by atoms with Gasteiger partial charge in [0.25, 0.3) is 5.91 Å². The normalized spacial score (nSPS) is 19.3. The van der Waals surface area contributed by atoms with Gasteiger partial charge in [-0.05, 0) is 53.2 Å². The molecule has 1 aromatic heterocycles. The summed E-state index contributed by atoms with van der Waals surface area (Å²) >= 11 is 3.34. The van der Waals surface area contributed by atoms with Crippen molar-refractivity contribution in [1.82, 2.24) is 14.8 Å². The molecule has 2 N–H and O–H groups in total. The molecule has 3 atom stereocenters. The molecule has 2 aromatic rings. The summed E-state index contributed by atoms with van der Waals surface area (Å²) < 4.78 is 19.8. The summed E-state index contributed by atoms with van der Waals surface area (Å²) in [4.78, 5) is 33.1. The molecule has 0 spiro atoms. The molecular formula is C22H26BrFN4O4. The van der Waals surface area contributed by atoms with Crippen molar-refractivity contribution < 1.29 is 23.8 Å². The summed E-state index contributed by atoms with van der Waals surface area (Å²) in [5.74, 6) is -0.644. The van der Waals surface area contributed by atoms with E-state index in [1.54, 1.807) is 31.1 Å².